The molecule has 2 aromatic rings. The Morgan fingerprint density at radius 1 is 1.47 bits per heavy atom. The maximum absolute atomic E-state index is 6.12. The van der Waals surface area contributed by atoms with Gasteiger partial charge in [-0.25, -0.2) is 0 Å². The molecule has 0 aliphatic heterocycles. The summed E-state index contributed by atoms with van der Waals surface area (Å²) in [6, 6.07) is 6.30. The molecule has 0 spiro atoms. The van der Waals surface area contributed by atoms with Crippen LogP contribution in [0.1, 0.15) is 24.1 Å². The molecule has 0 saturated heterocycles. The molecule has 1 aromatic heterocycles. The average Bonchev–Trinajstić information content (AvgIpc) is 2.77. The van der Waals surface area contributed by atoms with Crippen LogP contribution in [0.5, 0.6) is 0 Å². The first-order chi connectivity index (χ1) is 9.10. The van der Waals surface area contributed by atoms with Gasteiger partial charge in [0.15, 0.2) is 0 Å². The van der Waals surface area contributed by atoms with Gasteiger partial charge in [0.05, 0.1) is 6.20 Å². The average molecular weight is 390 g/mol. The molecule has 0 aliphatic carbocycles. The molecule has 1 N–H and O–H groups in total. The SMILES string of the molecule is CCNC(Cc1cnn(C)c1)c1cc(Cl)ccc1I. The van der Waals surface area contributed by atoms with Gasteiger partial charge in [-0.3, -0.25) is 4.68 Å². The van der Waals surface area contributed by atoms with Crippen LogP contribution in [0.15, 0.2) is 30.6 Å². The second kappa shape index (κ2) is 6.72. The maximum Gasteiger partial charge on any atom is 0.0522 e. The predicted molar refractivity (Wildman–Crippen MR) is 87.5 cm³/mol. The number of hydrogen-bond donors (Lipinski definition) is 1. The van der Waals surface area contributed by atoms with Gasteiger partial charge in [0, 0.05) is 27.9 Å². The molecule has 1 aromatic carbocycles. The standard InChI is InChI=1S/C14H17ClIN3/c1-3-17-14(6-10-8-18-19(2)9-10)12-7-11(15)4-5-13(12)16/h4-5,7-9,14,17H,3,6H2,1-2H3. The Morgan fingerprint density at radius 2 is 2.26 bits per heavy atom. The molecule has 0 saturated carbocycles. The highest BCUT2D eigenvalue weighted by Gasteiger charge is 2.15. The van der Waals surface area contributed by atoms with Crippen LogP contribution in [0, 0.1) is 3.57 Å². The molecular formula is C14H17ClIN3. The minimum Gasteiger partial charge on any atom is -0.310 e. The molecule has 102 valence electrons. The fourth-order valence-corrected chi connectivity index (χ4v) is 3.03. The molecule has 0 bridgehead atoms. The zero-order valence-electron chi connectivity index (χ0n) is 11.0. The first-order valence-electron chi connectivity index (χ1n) is 6.26. The van der Waals surface area contributed by atoms with Crippen molar-refractivity contribution in [3.8, 4) is 0 Å². The predicted octanol–water partition coefficient (Wildman–Crippen LogP) is 3.57. The number of nitrogens with one attached hydrogen (secondary N) is 1. The summed E-state index contributed by atoms with van der Waals surface area (Å²) in [6.07, 6.45) is 4.89. The molecule has 0 radical (unpaired) electrons. The molecule has 5 heteroatoms. The highest BCUT2D eigenvalue weighted by molar-refractivity contribution is 14.1. The quantitative estimate of drug-likeness (QED) is 0.792. The molecule has 0 fully saturated rings. The summed E-state index contributed by atoms with van der Waals surface area (Å²) in [4.78, 5) is 0. The van der Waals surface area contributed by atoms with E-state index in [1.165, 1.54) is 14.7 Å². The maximum atomic E-state index is 6.12. The van der Waals surface area contributed by atoms with Gasteiger partial charge in [0.25, 0.3) is 0 Å². The van der Waals surface area contributed by atoms with Crippen molar-refractivity contribution in [3.05, 3.63) is 50.3 Å². The van der Waals surface area contributed by atoms with Gasteiger partial charge < -0.3 is 5.32 Å². The van der Waals surface area contributed by atoms with Gasteiger partial charge in [-0.1, -0.05) is 18.5 Å². The lowest BCUT2D eigenvalue weighted by atomic mass is 10.0. The highest BCUT2D eigenvalue weighted by atomic mass is 127. The Balaban J connectivity index is 2.26. The van der Waals surface area contributed by atoms with Gasteiger partial charge >= 0.3 is 0 Å². The van der Waals surface area contributed by atoms with E-state index in [1.54, 1.807) is 0 Å². The lowest BCUT2D eigenvalue weighted by molar-refractivity contribution is 0.547. The molecule has 3 nitrogen and oxygen atoms in total. The number of nitrogens with zero attached hydrogens (tertiary/aromatic N) is 2. The highest BCUT2D eigenvalue weighted by Crippen LogP contribution is 2.26. The largest absolute Gasteiger partial charge is 0.310 e. The number of benzene rings is 1. The van der Waals surface area contributed by atoms with Crippen LogP contribution in [0.2, 0.25) is 5.02 Å². The molecule has 1 heterocycles. The molecule has 0 aliphatic rings. The van der Waals surface area contributed by atoms with E-state index < -0.39 is 0 Å². The molecule has 1 atom stereocenters. The summed E-state index contributed by atoms with van der Waals surface area (Å²) in [5.74, 6) is 0. The Labute approximate surface area is 132 Å². The van der Waals surface area contributed by atoms with Crippen molar-refractivity contribution in [2.75, 3.05) is 6.54 Å². The second-order valence-corrected chi connectivity index (χ2v) is 6.10. The van der Waals surface area contributed by atoms with E-state index in [1.807, 2.05) is 30.1 Å². The van der Waals surface area contributed by atoms with Crippen molar-refractivity contribution < 1.29 is 0 Å². The Morgan fingerprint density at radius 3 is 2.89 bits per heavy atom. The zero-order valence-corrected chi connectivity index (χ0v) is 13.9. The third-order valence-electron chi connectivity index (χ3n) is 2.98. The lowest BCUT2D eigenvalue weighted by Gasteiger charge is -2.19. The van der Waals surface area contributed by atoms with Gasteiger partial charge in [0.2, 0.25) is 0 Å². The number of aromatic nitrogens is 2. The Hall–Kier alpha value is -0.590. The van der Waals surface area contributed by atoms with Crippen molar-refractivity contribution in [1.82, 2.24) is 15.1 Å². The smallest absolute Gasteiger partial charge is 0.0522 e. The normalized spacial score (nSPS) is 12.6. The summed E-state index contributed by atoms with van der Waals surface area (Å²) in [6.45, 7) is 3.04. The topological polar surface area (TPSA) is 29.9 Å². The van der Waals surface area contributed by atoms with Gasteiger partial charge in [-0.05, 0) is 64.9 Å². The van der Waals surface area contributed by atoms with Crippen molar-refractivity contribution >= 4 is 34.2 Å². The Bertz CT molecular complexity index is 553. The van der Waals surface area contributed by atoms with Crippen molar-refractivity contribution in [3.63, 3.8) is 0 Å². The van der Waals surface area contributed by atoms with Crippen molar-refractivity contribution in [2.24, 2.45) is 7.05 Å². The molecule has 19 heavy (non-hydrogen) atoms. The van der Waals surface area contributed by atoms with E-state index >= 15 is 0 Å². The summed E-state index contributed by atoms with van der Waals surface area (Å²) in [5, 5.41) is 8.53. The third-order valence-corrected chi connectivity index (χ3v) is 4.20. The van der Waals surface area contributed by atoms with Crippen LogP contribution in [0.25, 0.3) is 0 Å². The second-order valence-electron chi connectivity index (χ2n) is 4.50. The van der Waals surface area contributed by atoms with Crippen molar-refractivity contribution in [2.45, 2.75) is 19.4 Å². The number of halogens is 2. The van der Waals surface area contributed by atoms with Crippen LogP contribution in [0.4, 0.5) is 0 Å². The summed E-state index contributed by atoms with van der Waals surface area (Å²) >= 11 is 8.48. The monoisotopic (exact) mass is 389 g/mol. The van der Waals surface area contributed by atoms with E-state index in [0.717, 1.165) is 18.0 Å². The number of likely N-dealkylation sites (N-methyl/N-ethyl adjacent to an activating group) is 1. The third kappa shape index (κ3) is 3.94. The summed E-state index contributed by atoms with van der Waals surface area (Å²) < 4.78 is 3.07. The minimum atomic E-state index is 0.264. The van der Waals surface area contributed by atoms with E-state index in [0.29, 0.717) is 0 Å². The van der Waals surface area contributed by atoms with Gasteiger partial charge in [-0.2, -0.15) is 5.10 Å². The number of rotatable bonds is 5. The number of hydrogen-bond acceptors (Lipinski definition) is 2. The zero-order chi connectivity index (χ0) is 13.8. The van der Waals surface area contributed by atoms with Crippen LogP contribution in [-0.4, -0.2) is 16.3 Å². The minimum absolute atomic E-state index is 0.264. The molecular weight excluding hydrogens is 373 g/mol. The first kappa shape index (κ1) is 14.8. The Kier molecular flexibility index (Phi) is 5.24. The molecule has 1 unspecified atom stereocenters. The van der Waals surface area contributed by atoms with Gasteiger partial charge in [0.1, 0.15) is 0 Å². The fraction of sp³-hybridized carbons (Fsp3) is 0.357. The van der Waals surface area contributed by atoms with E-state index in [2.05, 4.69) is 52.2 Å². The van der Waals surface area contributed by atoms with Crippen LogP contribution in [0.3, 0.4) is 0 Å². The summed E-state index contributed by atoms with van der Waals surface area (Å²) in [7, 11) is 1.94. The fourth-order valence-electron chi connectivity index (χ4n) is 2.13. The van der Waals surface area contributed by atoms with Crippen LogP contribution < -0.4 is 5.32 Å². The lowest BCUT2D eigenvalue weighted by Crippen LogP contribution is -2.23. The van der Waals surface area contributed by atoms with E-state index in [4.69, 9.17) is 11.6 Å². The van der Waals surface area contributed by atoms with Crippen LogP contribution >= 0.6 is 34.2 Å². The number of aryl methyl sites for hydroxylation is 1. The van der Waals surface area contributed by atoms with E-state index in [-0.39, 0.29) is 6.04 Å². The van der Waals surface area contributed by atoms with Crippen LogP contribution in [-0.2, 0) is 13.5 Å². The molecule has 0 amide bonds. The first-order valence-corrected chi connectivity index (χ1v) is 7.71. The molecule has 2 rings (SSSR count). The van der Waals surface area contributed by atoms with Crippen molar-refractivity contribution in [1.29, 1.82) is 0 Å². The van der Waals surface area contributed by atoms with Gasteiger partial charge in [-0.15, -0.1) is 0 Å². The summed E-state index contributed by atoms with van der Waals surface area (Å²) in [5.41, 5.74) is 2.48. The van der Waals surface area contributed by atoms with E-state index in [9.17, 15) is 0 Å².